The molecule has 2 aromatic rings. The minimum atomic E-state index is 0.0653. The Labute approximate surface area is 98.3 Å². The zero-order valence-electron chi connectivity index (χ0n) is 8.97. The smallest absolute Gasteiger partial charge is 0.0986 e. The van der Waals surface area contributed by atoms with E-state index in [1.54, 1.807) is 11.3 Å². The molecule has 1 aliphatic rings. The Hall–Kier alpha value is -1.13. The van der Waals surface area contributed by atoms with E-state index < -0.39 is 0 Å². The molecule has 1 fully saturated rings. The number of thiophene rings is 1. The van der Waals surface area contributed by atoms with E-state index in [4.69, 9.17) is 0 Å². The van der Waals surface area contributed by atoms with Gasteiger partial charge in [-0.2, -0.15) is 16.4 Å². The molecular formula is C12H14N2OS. The van der Waals surface area contributed by atoms with Gasteiger partial charge in [-0.3, -0.25) is 4.68 Å². The summed E-state index contributed by atoms with van der Waals surface area (Å²) in [6.45, 7) is 1.06. The molecule has 2 aromatic heterocycles. The molecule has 1 saturated carbocycles. The van der Waals surface area contributed by atoms with Gasteiger partial charge in [-0.15, -0.1) is 0 Å². The zero-order valence-corrected chi connectivity index (χ0v) is 9.78. The Morgan fingerprint density at radius 3 is 3.00 bits per heavy atom. The SMILES string of the molecule is OCc1cn(CC2CC2)nc1-c1ccsc1. The molecule has 3 nitrogen and oxygen atoms in total. The van der Waals surface area contributed by atoms with Crippen molar-refractivity contribution in [1.29, 1.82) is 0 Å². The van der Waals surface area contributed by atoms with E-state index in [0.29, 0.717) is 0 Å². The highest BCUT2D eigenvalue weighted by atomic mass is 32.1. The summed E-state index contributed by atoms with van der Waals surface area (Å²) in [6.07, 6.45) is 4.62. The predicted molar refractivity (Wildman–Crippen MR) is 64.2 cm³/mol. The molecule has 1 N–H and O–H groups in total. The summed E-state index contributed by atoms with van der Waals surface area (Å²) in [5.41, 5.74) is 2.98. The number of hydrogen-bond donors (Lipinski definition) is 1. The molecule has 84 valence electrons. The Balaban J connectivity index is 1.92. The molecule has 4 heteroatoms. The zero-order chi connectivity index (χ0) is 11.0. The van der Waals surface area contributed by atoms with Gasteiger partial charge in [0.1, 0.15) is 0 Å². The molecule has 0 unspecified atom stereocenters. The van der Waals surface area contributed by atoms with Crippen LogP contribution >= 0.6 is 11.3 Å². The van der Waals surface area contributed by atoms with Crippen molar-refractivity contribution >= 4 is 11.3 Å². The van der Waals surface area contributed by atoms with Crippen LogP contribution in [-0.2, 0) is 13.2 Å². The van der Waals surface area contributed by atoms with E-state index in [0.717, 1.165) is 29.3 Å². The van der Waals surface area contributed by atoms with Crippen molar-refractivity contribution in [2.75, 3.05) is 0 Å². The van der Waals surface area contributed by atoms with Crippen LogP contribution in [-0.4, -0.2) is 14.9 Å². The van der Waals surface area contributed by atoms with Crippen molar-refractivity contribution in [2.45, 2.75) is 26.0 Å². The maximum atomic E-state index is 9.33. The minimum Gasteiger partial charge on any atom is -0.392 e. The van der Waals surface area contributed by atoms with Crippen molar-refractivity contribution in [2.24, 2.45) is 5.92 Å². The molecule has 0 bridgehead atoms. The Morgan fingerprint density at radius 2 is 2.38 bits per heavy atom. The lowest BCUT2D eigenvalue weighted by Crippen LogP contribution is -1.99. The number of rotatable bonds is 4. The van der Waals surface area contributed by atoms with Gasteiger partial charge in [-0.25, -0.2) is 0 Å². The van der Waals surface area contributed by atoms with E-state index in [-0.39, 0.29) is 6.61 Å². The highest BCUT2D eigenvalue weighted by Crippen LogP contribution is 2.31. The Kier molecular flexibility index (Phi) is 2.53. The average Bonchev–Trinajstić information content (AvgIpc) is 2.83. The Morgan fingerprint density at radius 1 is 1.50 bits per heavy atom. The van der Waals surface area contributed by atoms with E-state index in [9.17, 15) is 5.11 Å². The van der Waals surface area contributed by atoms with E-state index in [1.165, 1.54) is 12.8 Å². The molecule has 0 amide bonds. The van der Waals surface area contributed by atoms with Crippen LogP contribution in [0.3, 0.4) is 0 Å². The average molecular weight is 234 g/mol. The summed E-state index contributed by atoms with van der Waals surface area (Å²) in [7, 11) is 0. The fourth-order valence-corrected chi connectivity index (χ4v) is 2.52. The highest BCUT2D eigenvalue weighted by molar-refractivity contribution is 7.08. The van der Waals surface area contributed by atoms with Crippen LogP contribution in [0.15, 0.2) is 23.0 Å². The monoisotopic (exact) mass is 234 g/mol. The minimum absolute atomic E-state index is 0.0653. The lowest BCUT2D eigenvalue weighted by Gasteiger charge is -1.96. The molecule has 0 radical (unpaired) electrons. The first kappa shape index (κ1) is 10.1. The number of aromatic nitrogens is 2. The molecule has 1 aliphatic carbocycles. The van der Waals surface area contributed by atoms with Crippen LogP contribution in [0.5, 0.6) is 0 Å². The van der Waals surface area contributed by atoms with Gasteiger partial charge in [-0.1, -0.05) is 0 Å². The van der Waals surface area contributed by atoms with Crippen molar-refractivity contribution in [1.82, 2.24) is 9.78 Å². The van der Waals surface area contributed by atoms with Gasteiger partial charge >= 0.3 is 0 Å². The maximum absolute atomic E-state index is 9.33. The summed E-state index contributed by atoms with van der Waals surface area (Å²) in [6, 6.07) is 2.05. The van der Waals surface area contributed by atoms with E-state index in [1.807, 2.05) is 22.3 Å². The first-order valence-electron chi connectivity index (χ1n) is 5.56. The largest absolute Gasteiger partial charge is 0.392 e. The summed E-state index contributed by atoms with van der Waals surface area (Å²) in [5.74, 6) is 0.807. The normalized spacial score (nSPS) is 15.6. The molecule has 0 spiro atoms. The standard InChI is InChI=1S/C12H14N2OS/c15-7-11-6-14(5-9-1-2-9)13-12(11)10-3-4-16-8-10/h3-4,6,8-9,15H,1-2,5,7H2. The second-order valence-electron chi connectivity index (χ2n) is 4.34. The predicted octanol–water partition coefficient (Wildman–Crippen LogP) is 2.51. The first-order chi connectivity index (χ1) is 7.86. The quantitative estimate of drug-likeness (QED) is 0.882. The van der Waals surface area contributed by atoms with Crippen molar-refractivity contribution < 1.29 is 5.11 Å². The second kappa shape index (κ2) is 4.03. The van der Waals surface area contributed by atoms with Gasteiger partial charge < -0.3 is 5.11 Å². The molecule has 2 heterocycles. The summed E-state index contributed by atoms with van der Waals surface area (Å²) < 4.78 is 1.98. The number of nitrogens with zero attached hydrogens (tertiary/aromatic N) is 2. The van der Waals surface area contributed by atoms with Gasteiger partial charge in [0.25, 0.3) is 0 Å². The second-order valence-corrected chi connectivity index (χ2v) is 5.12. The van der Waals surface area contributed by atoms with Crippen LogP contribution in [0, 0.1) is 5.92 Å². The fourth-order valence-electron chi connectivity index (χ4n) is 1.88. The van der Waals surface area contributed by atoms with Crippen LogP contribution in [0.1, 0.15) is 18.4 Å². The highest BCUT2D eigenvalue weighted by Gasteiger charge is 2.23. The van der Waals surface area contributed by atoms with Crippen LogP contribution in [0.25, 0.3) is 11.3 Å². The number of hydrogen-bond acceptors (Lipinski definition) is 3. The van der Waals surface area contributed by atoms with Crippen molar-refractivity contribution in [3.05, 3.63) is 28.6 Å². The number of aliphatic hydroxyl groups excluding tert-OH is 1. The molecule has 0 aliphatic heterocycles. The van der Waals surface area contributed by atoms with Gasteiger partial charge in [0.05, 0.1) is 12.3 Å². The lowest BCUT2D eigenvalue weighted by molar-refractivity contribution is 0.282. The Bertz CT molecular complexity index is 471. The summed E-state index contributed by atoms with van der Waals surface area (Å²) in [5, 5.41) is 18.0. The van der Waals surface area contributed by atoms with Crippen LogP contribution in [0.2, 0.25) is 0 Å². The molecule has 0 atom stereocenters. The summed E-state index contributed by atoms with van der Waals surface area (Å²) in [4.78, 5) is 0. The molecular weight excluding hydrogens is 220 g/mol. The lowest BCUT2D eigenvalue weighted by atomic mass is 10.2. The molecule has 16 heavy (non-hydrogen) atoms. The van der Waals surface area contributed by atoms with E-state index in [2.05, 4.69) is 10.5 Å². The van der Waals surface area contributed by atoms with E-state index >= 15 is 0 Å². The first-order valence-corrected chi connectivity index (χ1v) is 6.51. The van der Waals surface area contributed by atoms with Crippen molar-refractivity contribution in [3.8, 4) is 11.3 Å². The topological polar surface area (TPSA) is 38.0 Å². The third-order valence-corrected chi connectivity index (χ3v) is 3.63. The van der Waals surface area contributed by atoms with Crippen LogP contribution < -0.4 is 0 Å². The molecule has 0 saturated heterocycles. The molecule has 0 aromatic carbocycles. The third-order valence-electron chi connectivity index (χ3n) is 2.94. The summed E-state index contributed by atoms with van der Waals surface area (Å²) >= 11 is 1.66. The fraction of sp³-hybridized carbons (Fsp3) is 0.417. The van der Waals surface area contributed by atoms with Gasteiger partial charge in [0, 0.05) is 29.2 Å². The maximum Gasteiger partial charge on any atom is 0.0986 e. The van der Waals surface area contributed by atoms with Crippen molar-refractivity contribution in [3.63, 3.8) is 0 Å². The number of aliphatic hydroxyl groups is 1. The van der Waals surface area contributed by atoms with Gasteiger partial charge in [0.15, 0.2) is 0 Å². The third kappa shape index (κ3) is 1.90. The molecule has 3 rings (SSSR count). The van der Waals surface area contributed by atoms with Crippen LogP contribution in [0.4, 0.5) is 0 Å². The van der Waals surface area contributed by atoms with Gasteiger partial charge in [-0.05, 0) is 30.2 Å². The van der Waals surface area contributed by atoms with Gasteiger partial charge in [0.2, 0.25) is 0 Å².